The molecule has 0 radical (unpaired) electrons. The number of halogens is 5. The van der Waals surface area contributed by atoms with Gasteiger partial charge in [0.2, 0.25) is 0 Å². The van der Waals surface area contributed by atoms with E-state index in [0.29, 0.717) is 26.6 Å². The molecule has 0 bridgehead atoms. The van der Waals surface area contributed by atoms with Crippen LogP contribution in [0.1, 0.15) is 18.1 Å². The SMILES string of the molecule is CCN(c1c(C)cc(Br)cc1Br)c1c([N+](=O)[O-])cc([N+](=O)[O-])cc1C(F)(F)F. The maximum Gasteiger partial charge on any atom is 0.418 e. The van der Waals surface area contributed by atoms with Crippen molar-refractivity contribution < 1.29 is 23.0 Å². The van der Waals surface area contributed by atoms with Crippen molar-refractivity contribution in [1.29, 1.82) is 0 Å². The molecule has 0 unspecified atom stereocenters. The first-order valence-corrected chi connectivity index (χ1v) is 9.24. The maximum absolute atomic E-state index is 13.7. The van der Waals surface area contributed by atoms with Gasteiger partial charge in [-0.25, -0.2) is 0 Å². The average Bonchev–Trinajstić information content (AvgIpc) is 2.55. The summed E-state index contributed by atoms with van der Waals surface area (Å²) in [7, 11) is 0. The number of aryl methyl sites for hydroxylation is 1. The van der Waals surface area contributed by atoms with Gasteiger partial charge in [0.05, 0.1) is 27.2 Å². The third-order valence-electron chi connectivity index (χ3n) is 3.86. The molecule has 0 aliphatic carbocycles. The van der Waals surface area contributed by atoms with Gasteiger partial charge >= 0.3 is 6.18 Å². The van der Waals surface area contributed by atoms with Gasteiger partial charge < -0.3 is 4.90 Å². The van der Waals surface area contributed by atoms with Gasteiger partial charge in [-0.3, -0.25) is 20.2 Å². The van der Waals surface area contributed by atoms with Crippen molar-refractivity contribution in [2.24, 2.45) is 0 Å². The van der Waals surface area contributed by atoms with Crippen molar-refractivity contribution in [3.8, 4) is 0 Å². The Hall–Kier alpha value is -2.21. The Labute approximate surface area is 173 Å². The van der Waals surface area contributed by atoms with E-state index in [0.717, 1.165) is 4.90 Å². The van der Waals surface area contributed by atoms with E-state index < -0.39 is 38.6 Å². The van der Waals surface area contributed by atoms with Gasteiger partial charge in [-0.05, 0) is 47.5 Å². The fraction of sp³-hybridized carbons (Fsp3) is 0.250. The van der Waals surface area contributed by atoms with Gasteiger partial charge in [-0.1, -0.05) is 15.9 Å². The lowest BCUT2D eigenvalue weighted by atomic mass is 10.1. The fourth-order valence-electron chi connectivity index (χ4n) is 2.81. The second-order valence-corrected chi connectivity index (χ2v) is 7.44. The van der Waals surface area contributed by atoms with E-state index in [-0.39, 0.29) is 12.2 Å². The molecule has 0 amide bonds. The maximum atomic E-state index is 13.7. The van der Waals surface area contributed by atoms with Gasteiger partial charge in [-0.15, -0.1) is 0 Å². The van der Waals surface area contributed by atoms with Crippen molar-refractivity contribution in [2.45, 2.75) is 20.0 Å². The minimum Gasteiger partial charge on any atom is -0.335 e. The Morgan fingerprint density at radius 3 is 2.07 bits per heavy atom. The largest absolute Gasteiger partial charge is 0.418 e. The summed E-state index contributed by atoms with van der Waals surface area (Å²) >= 11 is 6.55. The van der Waals surface area contributed by atoms with E-state index in [9.17, 15) is 33.4 Å². The minimum absolute atomic E-state index is 0.0528. The Morgan fingerprint density at radius 1 is 1.04 bits per heavy atom. The van der Waals surface area contributed by atoms with Gasteiger partial charge in [0.1, 0.15) is 5.69 Å². The van der Waals surface area contributed by atoms with E-state index in [4.69, 9.17) is 0 Å². The number of nitro benzene ring substituents is 2. The molecule has 0 aromatic heterocycles. The zero-order valence-corrected chi connectivity index (χ0v) is 17.6. The number of nitrogens with zero attached hydrogens (tertiary/aromatic N) is 3. The Morgan fingerprint density at radius 2 is 1.64 bits per heavy atom. The van der Waals surface area contributed by atoms with Crippen LogP contribution < -0.4 is 4.90 Å². The minimum atomic E-state index is -5.05. The molecule has 0 saturated carbocycles. The third-order valence-corrected chi connectivity index (χ3v) is 4.92. The molecular formula is C16H12Br2F3N3O4. The predicted molar refractivity (Wildman–Crippen MR) is 104 cm³/mol. The summed E-state index contributed by atoms with van der Waals surface area (Å²) in [5.41, 5.74) is -3.39. The molecule has 150 valence electrons. The molecule has 28 heavy (non-hydrogen) atoms. The molecule has 0 atom stereocenters. The molecule has 2 aromatic carbocycles. The van der Waals surface area contributed by atoms with Crippen LogP contribution >= 0.6 is 31.9 Å². The summed E-state index contributed by atoms with van der Waals surface area (Å²) in [6.45, 7) is 3.11. The van der Waals surface area contributed by atoms with Gasteiger partial charge in [0.25, 0.3) is 11.4 Å². The van der Waals surface area contributed by atoms with Crippen molar-refractivity contribution >= 4 is 54.6 Å². The first-order valence-electron chi connectivity index (χ1n) is 7.65. The zero-order chi connectivity index (χ0) is 21.4. The number of hydrogen-bond acceptors (Lipinski definition) is 5. The summed E-state index contributed by atoms with van der Waals surface area (Å²) in [5.74, 6) is 0. The lowest BCUT2D eigenvalue weighted by Crippen LogP contribution is -2.23. The quantitative estimate of drug-likeness (QED) is 0.327. The number of benzene rings is 2. The molecule has 0 heterocycles. The Kier molecular flexibility index (Phi) is 6.34. The molecule has 2 aromatic rings. The molecule has 12 heteroatoms. The number of rotatable bonds is 5. The molecule has 7 nitrogen and oxygen atoms in total. The van der Waals surface area contributed by atoms with Crippen molar-refractivity contribution in [1.82, 2.24) is 0 Å². The predicted octanol–water partition coefficient (Wildman–Crippen LogP) is 6.51. The van der Waals surface area contributed by atoms with Crippen LogP contribution in [0.25, 0.3) is 0 Å². The molecule has 0 fully saturated rings. The first-order chi connectivity index (χ1) is 12.9. The normalized spacial score (nSPS) is 11.4. The van der Waals surface area contributed by atoms with Crippen LogP contribution in [0.4, 0.5) is 35.9 Å². The Bertz CT molecular complexity index is 944. The molecule has 0 aliphatic rings. The van der Waals surface area contributed by atoms with E-state index in [1.54, 1.807) is 19.1 Å². The highest BCUT2D eigenvalue weighted by molar-refractivity contribution is 9.11. The summed E-state index contributed by atoms with van der Waals surface area (Å²) in [6, 6.07) is 4.09. The highest BCUT2D eigenvalue weighted by Gasteiger charge is 2.42. The topological polar surface area (TPSA) is 89.5 Å². The van der Waals surface area contributed by atoms with Crippen LogP contribution in [0.5, 0.6) is 0 Å². The van der Waals surface area contributed by atoms with E-state index in [2.05, 4.69) is 31.9 Å². The summed E-state index contributed by atoms with van der Waals surface area (Å²) < 4.78 is 42.2. The van der Waals surface area contributed by atoms with Crippen LogP contribution in [0.15, 0.2) is 33.2 Å². The van der Waals surface area contributed by atoms with Gasteiger partial charge in [0, 0.05) is 21.6 Å². The zero-order valence-electron chi connectivity index (χ0n) is 14.4. The summed E-state index contributed by atoms with van der Waals surface area (Å²) in [5, 5.41) is 22.5. The summed E-state index contributed by atoms with van der Waals surface area (Å²) in [6.07, 6.45) is -5.05. The van der Waals surface area contributed by atoms with Crippen molar-refractivity contribution in [3.63, 3.8) is 0 Å². The molecule has 0 spiro atoms. The van der Waals surface area contributed by atoms with Crippen molar-refractivity contribution in [3.05, 3.63) is 64.6 Å². The number of nitro groups is 2. The average molecular weight is 527 g/mol. The van der Waals surface area contributed by atoms with Gasteiger partial charge in [-0.2, -0.15) is 13.2 Å². The summed E-state index contributed by atoms with van der Waals surface area (Å²) in [4.78, 5) is 21.5. The monoisotopic (exact) mass is 525 g/mol. The Balaban J connectivity index is 2.96. The molecule has 0 aliphatic heterocycles. The first kappa shape index (κ1) is 22.1. The number of alkyl halides is 3. The highest BCUT2D eigenvalue weighted by atomic mass is 79.9. The standard InChI is InChI=1S/C16H12Br2F3N3O4/c1-3-22(14-8(2)4-9(17)5-12(14)18)15-11(16(19,20)21)6-10(23(25)26)7-13(15)24(27)28/h4-7H,3H2,1-2H3. The number of anilines is 2. The van der Waals surface area contributed by atoms with Crippen LogP contribution in [0.2, 0.25) is 0 Å². The van der Waals surface area contributed by atoms with E-state index >= 15 is 0 Å². The molecule has 0 N–H and O–H groups in total. The molecule has 0 saturated heterocycles. The fourth-order valence-corrected chi connectivity index (χ4v) is 4.47. The second kappa shape index (κ2) is 8.03. The molecular weight excluding hydrogens is 515 g/mol. The van der Waals surface area contributed by atoms with E-state index in [1.807, 2.05) is 0 Å². The van der Waals surface area contributed by atoms with Gasteiger partial charge in [0.15, 0.2) is 0 Å². The second-order valence-electron chi connectivity index (χ2n) is 5.67. The number of non-ortho nitro benzene ring substituents is 1. The van der Waals surface area contributed by atoms with Crippen LogP contribution in [0.3, 0.4) is 0 Å². The number of hydrogen-bond donors (Lipinski definition) is 0. The third kappa shape index (κ3) is 4.27. The van der Waals surface area contributed by atoms with Crippen LogP contribution in [-0.4, -0.2) is 16.4 Å². The lowest BCUT2D eigenvalue weighted by molar-refractivity contribution is -0.394. The lowest BCUT2D eigenvalue weighted by Gasteiger charge is -2.28. The smallest absolute Gasteiger partial charge is 0.335 e. The van der Waals surface area contributed by atoms with E-state index in [1.165, 1.54) is 6.92 Å². The van der Waals surface area contributed by atoms with Crippen LogP contribution in [0, 0.1) is 27.2 Å². The van der Waals surface area contributed by atoms with Crippen molar-refractivity contribution in [2.75, 3.05) is 11.4 Å². The highest BCUT2D eigenvalue weighted by Crippen LogP contribution is 2.48. The molecule has 2 rings (SSSR count). The van der Waals surface area contributed by atoms with Crippen LogP contribution in [-0.2, 0) is 6.18 Å².